The van der Waals surface area contributed by atoms with E-state index in [1.165, 1.54) is 29.1 Å². The van der Waals surface area contributed by atoms with E-state index in [1.807, 2.05) is 52.0 Å². The lowest BCUT2D eigenvalue weighted by molar-refractivity contribution is 0.866. The maximum Gasteiger partial charge on any atom is 0.0917 e. The van der Waals surface area contributed by atoms with E-state index in [2.05, 4.69) is 86.5 Å². The molecule has 0 fully saturated rings. The molecule has 0 bridgehead atoms. The van der Waals surface area contributed by atoms with E-state index >= 15 is 0 Å². The highest BCUT2D eigenvalue weighted by Gasteiger charge is 2.28. The number of anilines is 3. The Balaban J connectivity index is 0.000000526. The van der Waals surface area contributed by atoms with E-state index in [-0.39, 0.29) is 0 Å². The SMILES string of the molecule is CC.CC.CC(C)c1ccc(N2C3=CCCC=C3Nc3cc4nc5ccccc5nc4cc32)cc1.CCC. The molecular weight excluding hydrogens is 464 g/mol. The third-order valence-corrected chi connectivity index (χ3v) is 6.15. The van der Waals surface area contributed by atoms with Gasteiger partial charge in [0.05, 0.1) is 44.8 Å². The third kappa shape index (κ3) is 6.07. The second kappa shape index (κ2) is 13.8. The van der Waals surface area contributed by atoms with Crippen LogP contribution in [0.5, 0.6) is 0 Å². The predicted molar refractivity (Wildman–Crippen MR) is 167 cm³/mol. The minimum atomic E-state index is 0.515. The number of benzene rings is 3. The molecule has 0 amide bonds. The molecule has 0 atom stereocenters. The van der Waals surface area contributed by atoms with Crippen LogP contribution in [0.4, 0.5) is 17.1 Å². The number of allylic oxidation sites excluding steroid dienone is 2. The van der Waals surface area contributed by atoms with Gasteiger partial charge < -0.3 is 10.2 Å². The predicted octanol–water partition coefficient (Wildman–Crippen LogP) is 10.5. The molecule has 38 heavy (non-hydrogen) atoms. The Labute approximate surface area is 229 Å². The molecule has 4 aromatic rings. The zero-order valence-corrected chi connectivity index (χ0v) is 24.5. The van der Waals surface area contributed by atoms with Crippen molar-refractivity contribution >= 4 is 39.1 Å². The van der Waals surface area contributed by atoms with Crippen molar-refractivity contribution in [2.75, 3.05) is 10.2 Å². The van der Waals surface area contributed by atoms with Crippen LogP contribution in [-0.4, -0.2) is 9.97 Å². The molecule has 0 unspecified atom stereocenters. The van der Waals surface area contributed by atoms with Gasteiger partial charge in [-0.3, -0.25) is 0 Å². The largest absolute Gasteiger partial charge is 0.352 e. The van der Waals surface area contributed by atoms with Crippen molar-refractivity contribution in [3.8, 4) is 0 Å². The van der Waals surface area contributed by atoms with Crippen LogP contribution in [0.3, 0.4) is 0 Å². The van der Waals surface area contributed by atoms with Crippen LogP contribution in [0.25, 0.3) is 22.1 Å². The van der Waals surface area contributed by atoms with Gasteiger partial charge in [-0.2, -0.15) is 0 Å². The van der Waals surface area contributed by atoms with Crippen LogP contribution in [0, 0.1) is 0 Å². The Kier molecular flexibility index (Phi) is 10.5. The standard InChI is InChI=1S/C27H24N4.C3H8.2C2H6/c1-17(2)18-11-13-19(14-12-18)31-26-10-6-5-9-22(26)30-25-15-23-24(16-27(25)31)29-21-8-4-3-7-20(21)28-23;1-3-2;2*1-2/h3-4,7-17,30H,5-6H2,1-2H3;3H2,1-2H3;2*1-2H3. The van der Waals surface area contributed by atoms with Gasteiger partial charge in [-0.15, -0.1) is 0 Å². The maximum atomic E-state index is 4.90. The number of nitrogens with zero attached hydrogens (tertiary/aromatic N) is 3. The Morgan fingerprint density at radius 1 is 0.763 bits per heavy atom. The second-order valence-corrected chi connectivity index (χ2v) is 9.27. The van der Waals surface area contributed by atoms with Crippen LogP contribution >= 0.6 is 0 Å². The fourth-order valence-electron chi connectivity index (χ4n) is 4.49. The van der Waals surface area contributed by atoms with Crippen LogP contribution in [0.1, 0.15) is 86.1 Å². The molecule has 4 heteroatoms. The van der Waals surface area contributed by atoms with Crippen LogP contribution < -0.4 is 10.2 Å². The lowest BCUT2D eigenvalue weighted by Crippen LogP contribution is -2.28. The smallest absolute Gasteiger partial charge is 0.0917 e. The van der Waals surface area contributed by atoms with Crippen molar-refractivity contribution in [1.29, 1.82) is 0 Å². The molecule has 1 aliphatic carbocycles. The molecule has 0 spiro atoms. The summed E-state index contributed by atoms with van der Waals surface area (Å²) in [4.78, 5) is 12.1. The second-order valence-electron chi connectivity index (χ2n) is 9.27. The molecule has 4 nitrogen and oxygen atoms in total. The van der Waals surface area contributed by atoms with Gasteiger partial charge in [0.2, 0.25) is 0 Å². The number of hydrogen-bond acceptors (Lipinski definition) is 4. The lowest BCUT2D eigenvalue weighted by atomic mass is 9.99. The topological polar surface area (TPSA) is 41.0 Å². The summed E-state index contributed by atoms with van der Waals surface area (Å²) in [5.74, 6) is 0.515. The summed E-state index contributed by atoms with van der Waals surface area (Å²) in [7, 11) is 0. The minimum absolute atomic E-state index is 0.515. The van der Waals surface area contributed by atoms with Gasteiger partial charge in [0.1, 0.15) is 0 Å². The average molecular weight is 509 g/mol. The van der Waals surface area contributed by atoms with Gasteiger partial charge in [-0.25, -0.2) is 9.97 Å². The fourth-order valence-corrected chi connectivity index (χ4v) is 4.49. The number of para-hydroxylation sites is 2. The minimum Gasteiger partial charge on any atom is -0.352 e. The highest BCUT2D eigenvalue weighted by Crippen LogP contribution is 2.45. The normalized spacial score (nSPS) is 13.3. The molecule has 1 aliphatic heterocycles. The highest BCUT2D eigenvalue weighted by atomic mass is 15.2. The van der Waals surface area contributed by atoms with Crippen LogP contribution in [0.15, 0.2) is 84.2 Å². The van der Waals surface area contributed by atoms with Gasteiger partial charge in [-0.1, -0.05) is 98.2 Å². The van der Waals surface area contributed by atoms with Crippen molar-refractivity contribution in [2.24, 2.45) is 0 Å². The average Bonchev–Trinajstić information content (AvgIpc) is 2.96. The fraction of sp³-hybridized carbons (Fsp3) is 0.353. The first-order valence-corrected chi connectivity index (χ1v) is 14.4. The molecule has 2 aliphatic rings. The van der Waals surface area contributed by atoms with Gasteiger partial charge in [0, 0.05) is 5.69 Å². The number of rotatable bonds is 2. The van der Waals surface area contributed by atoms with Crippen LogP contribution in [0.2, 0.25) is 0 Å². The summed E-state index contributed by atoms with van der Waals surface area (Å²) in [5, 5.41) is 3.65. The quantitative estimate of drug-likeness (QED) is 0.273. The van der Waals surface area contributed by atoms with E-state index in [1.54, 1.807) is 0 Å². The van der Waals surface area contributed by atoms with E-state index in [9.17, 15) is 0 Å². The lowest BCUT2D eigenvalue weighted by Gasteiger charge is -2.37. The van der Waals surface area contributed by atoms with Gasteiger partial charge >= 0.3 is 0 Å². The Morgan fingerprint density at radius 2 is 1.32 bits per heavy atom. The zero-order valence-electron chi connectivity index (χ0n) is 24.5. The summed E-state index contributed by atoms with van der Waals surface area (Å²) in [6.07, 6.45) is 7.98. The van der Waals surface area contributed by atoms with Crippen molar-refractivity contribution in [2.45, 2.75) is 80.6 Å². The van der Waals surface area contributed by atoms with E-state index in [0.29, 0.717) is 5.92 Å². The van der Waals surface area contributed by atoms with E-state index < -0.39 is 0 Å². The Morgan fingerprint density at radius 3 is 1.89 bits per heavy atom. The highest BCUT2D eigenvalue weighted by molar-refractivity contribution is 5.97. The van der Waals surface area contributed by atoms with Crippen LogP contribution in [-0.2, 0) is 0 Å². The van der Waals surface area contributed by atoms with Crippen molar-refractivity contribution in [1.82, 2.24) is 9.97 Å². The van der Waals surface area contributed by atoms with Gasteiger partial charge in [0.25, 0.3) is 0 Å². The summed E-state index contributed by atoms with van der Waals surface area (Å²) in [6.45, 7) is 16.7. The van der Waals surface area contributed by atoms with Gasteiger partial charge in [0.15, 0.2) is 0 Å². The van der Waals surface area contributed by atoms with E-state index in [4.69, 9.17) is 9.97 Å². The number of fused-ring (bicyclic) bond motifs is 4. The van der Waals surface area contributed by atoms with Crippen molar-refractivity contribution in [3.05, 3.63) is 89.8 Å². The molecule has 200 valence electrons. The summed E-state index contributed by atoms with van der Waals surface area (Å²) in [5.41, 5.74) is 10.7. The molecule has 0 saturated heterocycles. The number of nitrogens with one attached hydrogen (secondary N) is 1. The monoisotopic (exact) mass is 508 g/mol. The third-order valence-electron chi connectivity index (χ3n) is 6.15. The molecule has 3 aromatic carbocycles. The Bertz CT molecular complexity index is 1400. The molecule has 0 radical (unpaired) electrons. The van der Waals surface area contributed by atoms with E-state index in [0.717, 1.165) is 46.3 Å². The van der Waals surface area contributed by atoms with Crippen molar-refractivity contribution < 1.29 is 0 Å². The first-order chi connectivity index (χ1) is 18.6. The molecule has 0 saturated carbocycles. The molecule has 1 N–H and O–H groups in total. The maximum absolute atomic E-state index is 4.90. The molecule has 2 heterocycles. The number of aromatic nitrogens is 2. The first kappa shape index (κ1) is 28.9. The first-order valence-electron chi connectivity index (χ1n) is 14.4. The summed E-state index contributed by atoms with van der Waals surface area (Å²) < 4.78 is 0. The molecule has 6 rings (SSSR count). The number of hydrogen-bond donors (Lipinski definition) is 1. The summed E-state index contributed by atoms with van der Waals surface area (Å²) in [6, 6.07) is 21.3. The molecular formula is C34H44N4. The molecule has 1 aromatic heterocycles. The van der Waals surface area contributed by atoms with Crippen molar-refractivity contribution in [3.63, 3.8) is 0 Å². The Hall–Kier alpha value is -3.66. The van der Waals surface area contributed by atoms with Gasteiger partial charge in [-0.05, 0) is 60.7 Å². The summed E-state index contributed by atoms with van der Waals surface area (Å²) >= 11 is 0. The zero-order chi connectivity index (χ0) is 27.7.